The monoisotopic (exact) mass is 279 g/mol. The molecule has 0 aliphatic carbocycles. The fourth-order valence-corrected chi connectivity index (χ4v) is 1.24. The Morgan fingerprint density at radius 2 is 2.35 bits per heavy atom. The summed E-state index contributed by atoms with van der Waals surface area (Å²) in [4.78, 5) is 21.0. The first-order chi connectivity index (χ1) is 9.49. The van der Waals surface area contributed by atoms with Gasteiger partial charge in [0.15, 0.2) is 5.57 Å². The predicted octanol–water partition coefficient (Wildman–Crippen LogP) is 2.12. The number of hydrogen-bond acceptors (Lipinski definition) is 6. The van der Waals surface area contributed by atoms with Crippen LogP contribution in [0.1, 0.15) is 6.92 Å². The van der Waals surface area contributed by atoms with E-state index in [1.54, 1.807) is 13.0 Å². The van der Waals surface area contributed by atoms with Gasteiger partial charge in [-0.05, 0) is 19.1 Å². The molecule has 20 heavy (non-hydrogen) atoms. The first-order valence-electron chi connectivity index (χ1n) is 5.47. The van der Waals surface area contributed by atoms with Crippen LogP contribution in [-0.4, -0.2) is 17.5 Å². The summed E-state index contributed by atoms with van der Waals surface area (Å²) in [6.45, 7) is 1.70. The summed E-state index contributed by atoms with van der Waals surface area (Å²) in [5.74, 6) is -1.80. The Morgan fingerprint density at radius 3 is 2.90 bits per heavy atom. The first-order valence-corrected chi connectivity index (χ1v) is 5.47. The molecule has 0 saturated carbocycles. The molecular weight excluding hydrogens is 269 g/mol. The van der Waals surface area contributed by atoms with Gasteiger partial charge in [-0.25, -0.2) is 4.79 Å². The molecule has 0 saturated heterocycles. The lowest BCUT2D eigenvalue weighted by atomic mass is 10.2. The smallest absolute Gasteiger partial charge is 0.350 e. The maximum Gasteiger partial charge on any atom is 0.350 e. The van der Waals surface area contributed by atoms with Gasteiger partial charge in [-0.3, -0.25) is 10.1 Å². The zero-order valence-corrected chi connectivity index (χ0v) is 10.4. The summed E-state index contributed by atoms with van der Waals surface area (Å²) in [7, 11) is 0. The molecule has 0 heterocycles. The fourth-order valence-electron chi connectivity index (χ4n) is 1.24. The van der Waals surface area contributed by atoms with Crippen LogP contribution >= 0.6 is 0 Å². The third-order valence-electron chi connectivity index (χ3n) is 2.14. The number of rotatable bonds is 5. The molecule has 1 aromatic carbocycles. The molecule has 1 N–H and O–H groups in total. The van der Waals surface area contributed by atoms with Gasteiger partial charge in [-0.2, -0.15) is 9.65 Å². The number of nitriles is 1. The number of carbonyl (C=O) groups excluding carboxylic acids is 1. The molecule has 7 nitrogen and oxygen atoms in total. The van der Waals surface area contributed by atoms with E-state index in [0.29, 0.717) is 0 Å². The number of hydrogen-bond donors (Lipinski definition) is 1. The van der Waals surface area contributed by atoms with E-state index in [2.05, 4.69) is 10.1 Å². The Hall–Kier alpha value is -2.95. The third-order valence-corrected chi connectivity index (χ3v) is 2.14. The standard InChI is InChI=1S/C12H10FN3O4/c1-2-20-12(17)8(6-14)7-15-9-3-4-10(13)11(5-9)16(18)19/h3-5,7,15H,2H2,1H3/b8-7+. The predicted molar refractivity (Wildman–Crippen MR) is 67.0 cm³/mol. The summed E-state index contributed by atoms with van der Waals surface area (Å²) in [5.41, 5.74) is -0.855. The summed E-state index contributed by atoms with van der Waals surface area (Å²) in [6, 6.07) is 4.71. The molecule has 0 radical (unpaired) electrons. The summed E-state index contributed by atoms with van der Waals surface area (Å²) < 4.78 is 17.7. The summed E-state index contributed by atoms with van der Waals surface area (Å²) in [6.07, 6.45) is 1.04. The molecule has 104 valence electrons. The van der Waals surface area contributed by atoms with E-state index in [1.165, 1.54) is 6.07 Å². The minimum Gasteiger partial charge on any atom is -0.462 e. The number of anilines is 1. The van der Waals surface area contributed by atoms with E-state index >= 15 is 0 Å². The van der Waals surface area contributed by atoms with Crippen molar-refractivity contribution < 1.29 is 18.8 Å². The van der Waals surface area contributed by atoms with Crippen molar-refractivity contribution in [1.82, 2.24) is 0 Å². The number of benzene rings is 1. The maximum atomic E-state index is 13.1. The molecule has 0 unspecified atom stereocenters. The van der Waals surface area contributed by atoms with Crippen LogP contribution in [0.5, 0.6) is 0 Å². The quantitative estimate of drug-likeness (QED) is 0.291. The van der Waals surface area contributed by atoms with Crippen molar-refractivity contribution in [3.05, 3.63) is 45.9 Å². The lowest BCUT2D eigenvalue weighted by molar-refractivity contribution is -0.387. The molecule has 0 aromatic heterocycles. The normalized spacial score (nSPS) is 10.6. The van der Waals surface area contributed by atoms with Gasteiger partial charge in [0, 0.05) is 18.0 Å². The van der Waals surface area contributed by atoms with E-state index in [4.69, 9.17) is 5.26 Å². The van der Waals surface area contributed by atoms with Gasteiger partial charge in [0.1, 0.15) is 6.07 Å². The van der Waals surface area contributed by atoms with Crippen molar-refractivity contribution in [1.29, 1.82) is 5.26 Å². The van der Waals surface area contributed by atoms with E-state index in [-0.39, 0.29) is 17.9 Å². The van der Waals surface area contributed by atoms with Gasteiger partial charge >= 0.3 is 11.7 Å². The molecule has 0 atom stereocenters. The number of nitro groups is 1. The lowest BCUT2D eigenvalue weighted by Gasteiger charge is -2.03. The highest BCUT2D eigenvalue weighted by Gasteiger charge is 2.14. The van der Waals surface area contributed by atoms with Gasteiger partial charge < -0.3 is 10.1 Å². The summed E-state index contributed by atoms with van der Waals surface area (Å²) >= 11 is 0. The van der Waals surface area contributed by atoms with Crippen molar-refractivity contribution >= 4 is 17.3 Å². The second-order valence-corrected chi connectivity index (χ2v) is 3.46. The number of ether oxygens (including phenoxy) is 1. The number of nitrogens with one attached hydrogen (secondary N) is 1. The van der Waals surface area contributed by atoms with Gasteiger partial charge in [0.25, 0.3) is 0 Å². The topological polar surface area (TPSA) is 105 Å². The van der Waals surface area contributed by atoms with Crippen LogP contribution < -0.4 is 5.32 Å². The molecular formula is C12H10FN3O4. The molecule has 0 fully saturated rings. The third kappa shape index (κ3) is 3.78. The minimum atomic E-state index is -0.976. The van der Waals surface area contributed by atoms with Crippen LogP contribution in [0.25, 0.3) is 0 Å². The van der Waals surface area contributed by atoms with Crippen molar-refractivity contribution in [2.24, 2.45) is 0 Å². The van der Waals surface area contributed by atoms with Crippen LogP contribution in [0, 0.1) is 27.3 Å². The molecule has 0 spiro atoms. The van der Waals surface area contributed by atoms with Gasteiger partial charge in [-0.1, -0.05) is 0 Å². The Morgan fingerprint density at radius 1 is 1.65 bits per heavy atom. The largest absolute Gasteiger partial charge is 0.462 e. The van der Waals surface area contributed by atoms with Crippen molar-refractivity contribution in [2.75, 3.05) is 11.9 Å². The number of halogens is 1. The molecule has 0 bridgehead atoms. The van der Waals surface area contributed by atoms with E-state index in [1.807, 2.05) is 0 Å². The van der Waals surface area contributed by atoms with E-state index in [9.17, 15) is 19.3 Å². The van der Waals surface area contributed by atoms with Gasteiger partial charge in [0.2, 0.25) is 5.82 Å². The average molecular weight is 279 g/mol. The Bertz CT molecular complexity index is 607. The van der Waals surface area contributed by atoms with E-state index in [0.717, 1.165) is 18.3 Å². The second kappa shape index (κ2) is 6.84. The number of esters is 1. The van der Waals surface area contributed by atoms with Crippen molar-refractivity contribution in [3.8, 4) is 6.07 Å². The molecule has 1 aromatic rings. The Kier molecular flexibility index (Phi) is 5.17. The van der Waals surface area contributed by atoms with Crippen LogP contribution in [-0.2, 0) is 9.53 Å². The first kappa shape index (κ1) is 15.1. The SMILES string of the molecule is CCOC(=O)/C(C#N)=C/Nc1ccc(F)c([N+](=O)[O-])c1. The zero-order valence-electron chi connectivity index (χ0n) is 10.4. The second-order valence-electron chi connectivity index (χ2n) is 3.46. The molecule has 0 aliphatic rings. The van der Waals surface area contributed by atoms with Gasteiger partial charge in [0.05, 0.1) is 11.5 Å². The van der Waals surface area contributed by atoms with Crippen LogP contribution in [0.15, 0.2) is 30.0 Å². The number of nitrogens with zero attached hydrogens (tertiary/aromatic N) is 2. The Balaban J connectivity index is 2.94. The summed E-state index contributed by atoms with van der Waals surface area (Å²) in [5, 5.41) is 21.8. The fraction of sp³-hybridized carbons (Fsp3) is 0.167. The number of nitro benzene ring substituents is 1. The molecule has 0 amide bonds. The highest BCUT2D eigenvalue weighted by Crippen LogP contribution is 2.21. The zero-order chi connectivity index (χ0) is 15.1. The number of carbonyl (C=O) groups is 1. The molecule has 8 heteroatoms. The van der Waals surface area contributed by atoms with Crippen molar-refractivity contribution in [2.45, 2.75) is 6.92 Å². The Labute approximate surface area is 113 Å². The van der Waals surface area contributed by atoms with Crippen LogP contribution in [0.3, 0.4) is 0 Å². The lowest BCUT2D eigenvalue weighted by Crippen LogP contribution is -2.08. The van der Waals surface area contributed by atoms with Gasteiger partial charge in [-0.15, -0.1) is 0 Å². The minimum absolute atomic E-state index is 0.111. The van der Waals surface area contributed by atoms with Crippen molar-refractivity contribution in [3.63, 3.8) is 0 Å². The molecule has 0 aliphatic heterocycles. The average Bonchev–Trinajstić information content (AvgIpc) is 2.41. The maximum absolute atomic E-state index is 13.1. The molecule has 1 rings (SSSR count). The van der Waals surface area contributed by atoms with Crippen LogP contribution in [0.2, 0.25) is 0 Å². The van der Waals surface area contributed by atoms with Crippen LogP contribution in [0.4, 0.5) is 15.8 Å². The van der Waals surface area contributed by atoms with E-state index < -0.39 is 22.4 Å². The highest BCUT2D eigenvalue weighted by atomic mass is 19.1. The highest BCUT2D eigenvalue weighted by molar-refractivity contribution is 5.93.